The smallest absolute Gasteiger partial charge is 0.143 e. The average Bonchev–Trinajstić information content (AvgIpc) is 2.10. The highest BCUT2D eigenvalue weighted by atomic mass is 79.9. The van der Waals surface area contributed by atoms with Crippen molar-refractivity contribution < 1.29 is 9.50 Å². The second-order valence-corrected chi connectivity index (χ2v) is 3.87. The molecule has 0 spiro atoms. The van der Waals surface area contributed by atoms with Crippen LogP contribution in [0.5, 0.6) is 0 Å². The first-order valence-electron chi connectivity index (χ1n) is 3.57. The largest absolute Gasteiger partial charge is 0.394 e. The Bertz CT molecular complexity index is 321. The van der Waals surface area contributed by atoms with Gasteiger partial charge in [-0.2, -0.15) is 0 Å². The van der Waals surface area contributed by atoms with Crippen LogP contribution in [0, 0.1) is 5.82 Å². The molecule has 0 saturated carbocycles. The van der Waals surface area contributed by atoms with Crippen LogP contribution in [0.1, 0.15) is 11.6 Å². The van der Waals surface area contributed by atoms with Crippen LogP contribution in [-0.4, -0.2) is 11.7 Å². The van der Waals surface area contributed by atoms with Crippen molar-refractivity contribution in [1.29, 1.82) is 0 Å². The molecule has 0 fully saturated rings. The van der Waals surface area contributed by atoms with E-state index in [-0.39, 0.29) is 11.6 Å². The fraction of sp³-hybridized carbons (Fsp3) is 0.250. The molecule has 0 aliphatic rings. The van der Waals surface area contributed by atoms with Crippen LogP contribution in [0.4, 0.5) is 4.39 Å². The lowest BCUT2D eigenvalue weighted by Gasteiger charge is -2.11. The molecule has 13 heavy (non-hydrogen) atoms. The van der Waals surface area contributed by atoms with Gasteiger partial charge in [0, 0.05) is 4.47 Å². The van der Waals surface area contributed by atoms with Crippen molar-refractivity contribution in [2.24, 2.45) is 5.73 Å². The zero-order valence-corrected chi connectivity index (χ0v) is 8.94. The zero-order valence-electron chi connectivity index (χ0n) is 6.60. The number of benzene rings is 1. The molecule has 0 saturated heterocycles. The van der Waals surface area contributed by atoms with Gasteiger partial charge in [0.05, 0.1) is 17.7 Å². The van der Waals surface area contributed by atoms with Crippen molar-refractivity contribution in [3.8, 4) is 0 Å². The summed E-state index contributed by atoms with van der Waals surface area (Å²) >= 11 is 8.76. The lowest BCUT2D eigenvalue weighted by atomic mass is 10.1. The highest BCUT2D eigenvalue weighted by Crippen LogP contribution is 2.28. The quantitative estimate of drug-likeness (QED) is 0.808. The third-order valence-electron chi connectivity index (χ3n) is 1.62. The van der Waals surface area contributed by atoms with Gasteiger partial charge in [0.15, 0.2) is 0 Å². The van der Waals surface area contributed by atoms with Gasteiger partial charge < -0.3 is 10.8 Å². The molecule has 1 aromatic carbocycles. The molecular formula is C8H8BrClFNO. The van der Waals surface area contributed by atoms with E-state index in [1.54, 1.807) is 6.07 Å². The van der Waals surface area contributed by atoms with Crippen molar-refractivity contribution in [2.45, 2.75) is 6.04 Å². The maximum absolute atomic E-state index is 13.0. The standard InChI is InChI=1S/C8H8BrClFNO/c9-4-1-5(7(12)3-13)8(10)6(11)2-4/h1-2,7,13H,3,12H2. The number of nitrogens with two attached hydrogens (primary N) is 1. The van der Waals surface area contributed by atoms with Gasteiger partial charge in [0.25, 0.3) is 0 Å². The summed E-state index contributed by atoms with van der Waals surface area (Å²) < 4.78 is 13.6. The molecule has 72 valence electrons. The molecule has 5 heteroatoms. The van der Waals surface area contributed by atoms with E-state index in [2.05, 4.69) is 15.9 Å². The number of rotatable bonds is 2. The SMILES string of the molecule is NC(CO)c1cc(Br)cc(F)c1Cl. The summed E-state index contributed by atoms with van der Waals surface area (Å²) in [6, 6.07) is 2.18. The van der Waals surface area contributed by atoms with E-state index in [1.807, 2.05) is 0 Å². The second-order valence-electron chi connectivity index (χ2n) is 2.58. The molecule has 2 nitrogen and oxygen atoms in total. The van der Waals surface area contributed by atoms with E-state index >= 15 is 0 Å². The summed E-state index contributed by atoms with van der Waals surface area (Å²) in [5.41, 5.74) is 5.91. The van der Waals surface area contributed by atoms with Crippen molar-refractivity contribution in [3.05, 3.63) is 33.0 Å². The number of aliphatic hydroxyl groups excluding tert-OH is 1. The van der Waals surface area contributed by atoms with Crippen LogP contribution < -0.4 is 5.73 Å². The molecule has 0 aromatic heterocycles. The second kappa shape index (κ2) is 4.37. The highest BCUT2D eigenvalue weighted by Gasteiger charge is 2.13. The lowest BCUT2D eigenvalue weighted by molar-refractivity contribution is 0.268. The fourth-order valence-electron chi connectivity index (χ4n) is 0.944. The third kappa shape index (κ3) is 2.40. The van der Waals surface area contributed by atoms with Crippen molar-refractivity contribution in [2.75, 3.05) is 6.61 Å². The van der Waals surface area contributed by atoms with E-state index in [0.717, 1.165) is 0 Å². The Labute approximate surface area is 88.6 Å². The van der Waals surface area contributed by atoms with Crippen LogP contribution >= 0.6 is 27.5 Å². The molecule has 1 atom stereocenters. The van der Waals surface area contributed by atoms with Gasteiger partial charge in [-0.3, -0.25) is 0 Å². The fourth-order valence-corrected chi connectivity index (χ4v) is 1.64. The van der Waals surface area contributed by atoms with Crippen LogP contribution in [0.2, 0.25) is 5.02 Å². The first-order chi connectivity index (χ1) is 6.06. The number of hydrogen-bond acceptors (Lipinski definition) is 2. The molecule has 1 aromatic rings. The van der Waals surface area contributed by atoms with Crippen molar-refractivity contribution >= 4 is 27.5 Å². The van der Waals surface area contributed by atoms with E-state index in [9.17, 15) is 4.39 Å². The van der Waals surface area contributed by atoms with Gasteiger partial charge in [-0.05, 0) is 17.7 Å². The summed E-state index contributed by atoms with van der Waals surface area (Å²) in [5.74, 6) is -0.546. The summed E-state index contributed by atoms with van der Waals surface area (Å²) in [7, 11) is 0. The Morgan fingerprint density at radius 3 is 2.77 bits per heavy atom. The van der Waals surface area contributed by atoms with Gasteiger partial charge in [0.1, 0.15) is 5.82 Å². The predicted molar refractivity (Wildman–Crippen MR) is 53.1 cm³/mol. The molecule has 0 heterocycles. The topological polar surface area (TPSA) is 46.2 Å². The minimum Gasteiger partial charge on any atom is -0.394 e. The molecule has 0 amide bonds. The van der Waals surface area contributed by atoms with Crippen molar-refractivity contribution in [3.63, 3.8) is 0 Å². The summed E-state index contributed by atoms with van der Waals surface area (Å²) in [6.07, 6.45) is 0. The number of halogens is 3. The lowest BCUT2D eigenvalue weighted by Crippen LogP contribution is -2.15. The molecular weight excluding hydrogens is 260 g/mol. The highest BCUT2D eigenvalue weighted by molar-refractivity contribution is 9.10. The van der Waals surface area contributed by atoms with Gasteiger partial charge in [-0.15, -0.1) is 0 Å². The van der Waals surface area contributed by atoms with Gasteiger partial charge in [0.2, 0.25) is 0 Å². The average molecular weight is 269 g/mol. The Hall–Kier alpha value is -0.160. The third-order valence-corrected chi connectivity index (χ3v) is 2.47. The molecule has 1 unspecified atom stereocenters. The number of hydrogen-bond donors (Lipinski definition) is 2. The Kier molecular flexibility index (Phi) is 3.67. The molecule has 0 radical (unpaired) electrons. The molecule has 1 rings (SSSR count). The summed E-state index contributed by atoms with van der Waals surface area (Å²) in [4.78, 5) is 0. The minimum atomic E-state index is -0.653. The van der Waals surface area contributed by atoms with E-state index in [0.29, 0.717) is 10.0 Å². The molecule has 3 N–H and O–H groups in total. The maximum atomic E-state index is 13.0. The van der Waals surface area contributed by atoms with Crippen LogP contribution in [-0.2, 0) is 0 Å². The van der Waals surface area contributed by atoms with E-state index < -0.39 is 11.9 Å². The van der Waals surface area contributed by atoms with Gasteiger partial charge in [-0.25, -0.2) is 4.39 Å². The normalized spacial score (nSPS) is 13.0. The Balaban J connectivity index is 3.20. The molecule has 0 aliphatic carbocycles. The molecule has 0 bridgehead atoms. The van der Waals surface area contributed by atoms with Crippen LogP contribution in [0.3, 0.4) is 0 Å². The minimum absolute atomic E-state index is 0.0373. The van der Waals surface area contributed by atoms with Crippen LogP contribution in [0.25, 0.3) is 0 Å². The van der Waals surface area contributed by atoms with Crippen LogP contribution in [0.15, 0.2) is 16.6 Å². The van der Waals surface area contributed by atoms with Gasteiger partial charge >= 0.3 is 0 Å². The van der Waals surface area contributed by atoms with Gasteiger partial charge in [-0.1, -0.05) is 27.5 Å². The summed E-state index contributed by atoms with van der Waals surface area (Å²) in [6.45, 7) is -0.268. The Morgan fingerprint density at radius 2 is 2.23 bits per heavy atom. The van der Waals surface area contributed by atoms with Crippen molar-refractivity contribution in [1.82, 2.24) is 0 Å². The summed E-state index contributed by atoms with van der Waals surface area (Å²) in [5, 5.41) is 8.74. The number of aliphatic hydroxyl groups is 1. The maximum Gasteiger partial charge on any atom is 0.143 e. The van der Waals surface area contributed by atoms with E-state index in [4.69, 9.17) is 22.4 Å². The first kappa shape index (κ1) is 10.9. The predicted octanol–water partition coefficient (Wildman–Crippen LogP) is 2.23. The monoisotopic (exact) mass is 267 g/mol. The zero-order chi connectivity index (χ0) is 10.0. The first-order valence-corrected chi connectivity index (χ1v) is 4.74. The molecule has 0 aliphatic heterocycles. The Morgan fingerprint density at radius 1 is 1.62 bits per heavy atom. The van der Waals surface area contributed by atoms with E-state index in [1.165, 1.54) is 6.07 Å².